The molecule has 3 rings (SSSR count). The van der Waals surface area contributed by atoms with Crippen LogP contribution >= 0.6 is 11.3 Å². The lowest BCUT2D eigenvalue weighted by Crippen LogP contribution is -2.45. The number of aromatic nitrogens is 2. The summed E-state index contributed by atoms with van der Waals surface area (Å²) in [4.78, 5) is 23.0. The van der Waals surface area contributed by atoms with Crippen LogP contribution in [0.2, 0.25) is 0 Å². The SMILES string of the molecule is Cc1cc(C)nc(OC2CCCN(C(=O)Cc3ccsc3)C2)n1. The molecule has 2 aromatic rings. The molecule has 1 aliphatic rings. The van der Waals surface area contributed by atoms with E-state index in [0.717, 1.165) is 36.3 Å². The van der Waals surface area contributed by atoms with Crippen molar-refractivity contribution in [3.8, 4) is 6.01 Å². The molecule has 1 amide bonds. The molecule has 1 fully saturated rings. The van der Waals surface area contributed by atoms with E-state index in [4.69, 9.17) is 4.74 Å². The van der Waals surface area contributed by atoms with Gasteiger partial charge < -0.3 is 9.64 Å². The number of carbonyl (C=O) groups excluding carboxylic acids is 1. The number of thiophene rings is 1. The molecule has 0 aromatic carbocycles. The second-order valence-corrected chi connectivity index (χ2v) is 6.74. The zero-order valence-corrected chi connectivity index (χ0v) is 14.3. The van der Waals surface area contributed by atoms with E-state index in [1.165, 1.54) is 0 Å². The van der Waals surface area contributed by atoms with Crippen molar-refractivity contribution in [2.45, 2.75) is 39.2 Å². The molecule has 2 aromatic heterocycles. The summed E-state index contributed by atoms with van der Waals surface area (Å²) in [5, 5.41) is 4.03. The van der Waals surface area contributed by atoms with Crippen molar-refractivity contribution < 1.29 is 9.53 Å². The van der Waals surface area contributed by atoms with Crippen LogP contribution < -0.4 is 4.74 Å². The zero-order chi connectivity index (χ0) is 16.2. The Kier molecular flexibility index (Phi) is 4.91. The molecule has 0 aliphatic carbocycles. The Bertz CT molecular complexity index is 652. The van der Waals surface area contributed by atoms with Crippen molar-refractivity contribution in [2.75, 3.05) is 13.1 Å². The van der Waals surface area contributed by atoms with Crippen LogP contribution in [-0.4, -0.2) is 40.0 Å². The number of piperidine rings is 1. The third-order valence-corrected chi connectivity index (χ3v) is 4.63. The number of nitrogens with zero attached hydrogens (tertiary/aromatic N) is 3. The number of carbonyl (C=O) groups is 1. The predicted octanol–water partition coefficient (Wildman–Crippen LogP) is 2.77. The Morgan fingerprint density at radius 1 is 1.39 bits per heavy atom. The number of rotatable bonds is 4. The van der Waals surface area contributed by atoms with Gasteiger partial charge in [0.1, 0.15) is 6.10 Å². The number of aryl methyl sites for hydroxylation is 2. The molecular weight excluding hydrogens is 310 g/mol. The van der Waals surface area contributed by atoms with E-state index < -0.39 is 0 Å². The molecule has 122 valence electrons. The van der Waals surface area contributed by atoms with Crippen LogP contribution in [0.3, 0.4) is 0 Å². The molecular formula is C17H21N3O2S. The topological polar surface area (TPSA) is 55.3 Å². The quantitative estimate of drug-likeness (QED) is 0.864. The Morgan fingerprint density at radius 2 is 2.17 bits per heavy atom. The highest BCUT2D eigenvalue weighted by molar-refractivity contribution is 7.07. The number of ether oxygens (including phenoxy) is 1. The minimum Gasteiger partial charge on any atom is -0.458 e. The number of amides is 1. The van der Waals surface area contributed by atoms with Crippen LogP contribution in [0, 0.1) is 13.8 Å². The summed E-state index contributed by atoms with van der Waals surface area (Å²) in [7, 11) is 0. The Morgan fingerprint density at radius 3 is 2.87 bits per heavy atom. The summed E-state index contributed by atoms with van der Waals surface area (Å²) in [6.45, 7) is 5.27. The molecule has 1 saturated heterocycles. The average molecular weight is 331 g/mol. The Balaban J connectivity index is 1.60. The van der Waals surface area contributed by atoms with Crippen molar-refractivity contribution in [3.63, 3.8) is 0 Å². The van der Waals surface area contributed by atoms with Gasteiger partial charge in [0.25, 0.3) is 0 Å². The molecule has 0 radical (unpaired) electrons. The lowest BCUT2D eigenvalue weighted by Gasteiger charge is -2.32. The van der Waals surface area contributed by atoms with Gasteiger partial charge in [-0.2, -0.15) is 11.3 Å². The molecule has 0 N–H and O–H groups in total. The van der Waals surface area contributed by atoms with Crippen LogP contribution in [0.4, 0.5) is 0 Å². The van der Waals surface area contributed by atoms with E-state index in [9.17, 15) is 4.79 Å². The first kappa shape index (κ1) is 15.9. The van der Waals surface area contributed by atoms with Crippen molar-refractivity contribution in [1.82, 2.24) is 14.9 Å². The summed E-state index contributed by atoms with van der Waals surface area (Å²) in [5.41, 5.74) is 2.88. The molecule has 6 heteroatoms. The smallest absolute Gasteiger partial charge is 0.317 e. The van der Waals surface area contributed by atoms with Gasteiger partial charge in [-0.1, -0.05) is 0 Å². The van der Waals surface area contributed by atoms with Crippen molar-refractivity contribution in [1.29, 1.82) is 0 Å². The van der Waals surface area contributed by atoms with Gasteiger partial charge in [-0.05, 0) is 55.1 Å². The minimum atomic E-state index is -0.0311. The zero-order valence-electron chi connectivity index (χ0n) is 13.5. The predicted molar refractivity (Wildman–Crippen MR) is 89.8 cm³/mol. The summed E-state index contributed by atoms with van der Waals surface area (Å²) in [6.07, 6.45) is 2.32. The fourth-order valence-electron chi connectivity index (χ4n) is 2.84. The summed E-state index contributed by atoms with van der Waals surface area (Å²) < 4.78 is 5.92. The first-order chi connectivity index (χ1) is 11.1. The monoisotopic (exact) mass is 331 g/mol. The van der Waals surface area contributed by atoms with E-state index >= 15 is 0 Å². The Hall–Kier alpha value is -1.95. The van der Waals surface area contributed by atoms with Gasteiger partial charge in [-0.3, -0.25) is 4.79 Å². The molecule has 3 heterocycles. The largest absolute Gasteiger partial charge is 0.458 e. The maximum absolute atomic E-state index is 12.4. The van der Waals surface area contributed by atoms with Crippen LogP contribution in [-0.2, 0) is 11.2 Å². The summed E-state index contributed by atoms with van der Waals surface area (Å²) in [6, 6.07) is 4.34. The third-order valence-electron chi connectivity index (χ3n) is 3.90. The fraction of sp³-hybridized carbons (Fsp3) is 0.471. The molecule has 23 heavy (non-hydrogen) atoms. The lowest BCUT2D eigenvalue weighted by atomic mass is 10.1. The van der Waals surface area contributed by atoms with Gasteiger partial charge in [0.15, 0.2) is 0 Å². The molecule has 0 saturated carbocycles. The molecule has 1 aliphatic heterocycles. The highest BCUT2D eigenvalue weighted by atomic mass is 32.1. The van der Waals surface area contributed by atoms with Crippen molar-refractivity contribution >= 4 is 17.2 Å². The number of hydrogen-bond donors (Lipinski definition) is 0. The molecule has 1 unspecified atom stereocenters. The van der Waals surface area contributed by atoms with Crippen LogP contribution in [0.25, 0.3) is 0 Å². The van der Waals surface area contributed by atoms with E-state index in [2.05, 4.69) is 9.97 Å². The average Bonchev–Trinajstić information content (AvgIpc) is 2.99. The van der Waals surface area contributed by atoms with E-state index in [0.29, 0.717) is 19.0 Å². The first-order valence-electron chi connectivity index (χ1n) is 7.88. The molecule has 0 spiro atoms. The fourth-order valence-corrected chi connectivity index (χ4v) is 3.50. The number of likely N-dealkylation sites (tertiary alicyclic amines) is 1. The van der Waals surface area contributed by atoms with Gasteiger partial charge >= 0.3 is 6.01 Å². The van der Waals surface area contributed by atoms with Gasteiger partial charge in [0, 0.05) is 17.9 Å². The van der Waals surface area contributed by atoms with Crippen LogP contribution in [0.5, 0.6) is 6.01 Å². The second-order valence-electron chi connectivity index (χ2n) is 5.96. The Labute approximate surface area is 140 Å². The highest BCUT2D eigenvalue weighted by Gasteiger charge is 2.25. The first-order valence-corrected chi connectivity index (χ1v) is 8.82. The van der Waals surface area contributed by atoms with Crippen molar-refractivity contribution in [2.24, 2.45) is 0 Å². The van der Waals surface area contributed by atoms with Gasteiger partial charge in [0.05, 0.1) is 13.0 Å². The summed E-state index contributed by atoms with van der Waals surface area (Å²) in [5.74, 6) is 0.165. The molecule has 0 bridgehead atoms. The van der Waals surface area contributed by atoms with Crippen LogP contribution in [0.1, 0.15) is 29.8 Å². The second kappa shape index (κ2) is 7.08. The van der Waals surface area contributed by atoms with Gasteiger partial charge in [-0.15, -0.1) is 0 Å². The maximum Gasteiger partial charge on any atom is 0.317 e. The van der Waals surface area contributed by atoms with E-state index in [-0.39, 0.29) is 12.0 Å². The molecule has 1 atom stereocenters. The van der Waals surface area contributed by atoms with Gasteiger partial charge in [-0.25, -0.2) is 9.97 Å². The van der Waals surface area contributed by atoms with Gasteiger partial charge in [0.2, 0.25) is 5.91 Å². The highest BCUT2D eigenvalue weighted by Crippen LogP contribution is 2.18. The third kappa shape index (κ3) is 4.28. The summed E-state index contributed by atoms with van der Waals surface area (Å²) >= 11 is 1.62. The van der Waals surface area contributed by atoms with Crippen molar-refractivity contribution in [3.05, 3.63) is 39.8 Å². The normalized spacial score (nSPS) is 18.0. The minimum absolute atomic E-state index is 0.0311. The maximum atomic E-state index is 12.4. The van der Waals surface area contributed by atoms with Crippen LogP contribution in [0.15, 0.2) is 22.9 Å². The lowest BCUT2D eigenvalue weighted by molar-refractivity contribution is -0.133. The van der Waals surface area contributed by atoms with E-state index in [1.54, 1.807) is 11.3 Å². The molecule has 5 nitrogen and oxygen atoms in total. The number of hydrogen-bond acceptors (Lipinski definition) is 5. The standard InChI is InChI=1S/C17H21N3O2S/c1-12-8-13(2)19-17(18-12)22-15-4-3-6-20(10-15)16(21)9-14-5-7-23-11-14/h5,7-8,11,15H,3-4,6,9-10H2,1-2H3. The van der Waals surface area contributed by atoms with E-state index in [1.807, 2.05) is 41.6 Å².